The number of carbonyl (C=O) groups is 1. The summed E-state index contributed by atoms with van der Waals surface area (Å²) >= 11 is 0. The van der Waals surface area contributed by atoms with E-state index < -0.39 is 18.2 Å². The highest BCUT2D eigenvalue weighted by Crippen LogP contribution is 2.17. The van der Waals surface area contributed by atoms with E-state index in [0.29, 0.717) is 12.8 Å². The van der Waals surface area contributed by atoms with Crippen LogP contribution in [0.15, 0.2) is 12.2 Å². The second-order valence-electron chi connectivity index (χ2n) is 18.1. The molecule has 0 spiro atoms. The summed E-state index contributed by atoms with van der Waals surface area (Å²) in [6.45, 7) is 4.20. The minimum atomic E-state index is -1.16. The standard InChI is InChI=1S/C52H103NO4/c1-3-5-7-9-11-13-15-17-19-21-23-24-25-26-27-29-30-32-34-36-38-40-42-44-46-50(55)52(57)49(48-54)53-51(56)47-45-43-41-39-37-35-33-31-28-22-20-18-16-14-12-10-8-6-4-2/h38,40,49-50,52,54-55,57H,3-37,39,41-48H2,1-2H3,(H,53,56)/b40-38+. The average molecular weight is 806 g/mol. The van der Waals surface area contributed by atoms with Gasteiger partial charge in [0, 0.05) is 6.42 Å². The molecule has 0 fully saturated rings. The molecule has 0 radical (unpaired) electrons. The fourth-order valence-corrected chi connectivity index (χ4v) is 8.34. The Kier molecular flexibility index (Phi) is 47.0. The normalized spacial score (nSPS) is 13.4. The van der Waals surface area contributed by atoms with Crippen molar-refractivity contribution in [1.82, 2.24) is 5.32 Å². The van der Waals surface area contributed by atoms with Crippen LogP contribution in [0, 0.1) is 0 Å². The molecule has 0 heterocycles. The number of hydrogen-bond acceptors (Lipinski definition) is 4. The zero-order valence-electron chi connectivity index (χ0n) is 38.7. The topological polar surface area (TPSA) is 89.8 Å². The molecule has 0 saturated carbocycles. The summed E-state index contributed by atoms with van der Waals surface area (Å²) in [7, 11) is 0. The highest BCUT2D eigenvalue weighted by Gasteiger charge is 2.26. The van der Waals surface area contributed by atoms with E-state index in [1.807, 2.05) is 0 Å². The molecule has 5 nitrogen and oxygen atoms in total. The SMILES string of the molecule is CCCCCCCCCCCCCCCCCCCCC/C=C/CCCC(O)C(O)C(CO)NC(=O)CCCCCCCCCCCCCCCCCCCCC. The average Bonchev–Trinajstić information content (AvgIpc) is 3.22. The second kappa shape index (κ2) is 47.8. The van der Waals surface area contributed by atoms with Gasteiger partial charge in [-0.15, -0.1) is 0 Å². The third-order valence-electron chi connectivity index (χ3n) is 12.4. The van der Waals surface area contributed by atoms with Crippen molar-refractivity contribution in [3.8, 4) is 0 Å². The Bertz CT molecular complexity index is 803. The first-order valence-corrected chi connectivity index (χ1v) is 26.0. The van der Waals surface area contributed by atoms with Gasteiger partial charge in [-0.2, -0.15) is 0 Å². The third kappa shape index (κ3) is 43.0. The Balaban J connectivity index is 3.57. The number of aliphatic hydroxyl groups excluding tert-OH is 3. The van der Waals surface area contributed by atoms with Gasteiger partial charge in [0.05, 0.1) is 18.8 Å². The molecule has 0 rings (SSSR count). The summed E-state index contributed by atoms with van der Waals surface area (Å²) in [4.78, 5) is 12.5. The van der Waals surface area contributed by atoms with E-state index in [-0.39, 0.29) is 12.5 Å². The molecule has 0 saturated heterocycles. The molecular weight excluding hydrogens is 703 g/mol. The third-order valence-corrected chi connectivity index (χ3v) is 12.4. The van der Waals surface area contributed by atoms with Gasteiger partial charge in [-0.1, -0.05) is 257 Å². The van der Waals surface area contributed by atoms with E-state index in [9.17, 15) is 20.1 Å². The number of carbonyl (C=O) groups excluding carboxylic acids is 1. The van der Waals surface area contributed by atoms with E-state index in [4.69, 9.17) is 0 Å². The van der Waals surface area contributed by atoms with E-state index >= 15 is 0 Å². The van der Waals surface area contributed by atoms with Crippen LogP contribution in [-0.4, -0.2) is 46.1 Å². The monoisotopic (exact) mass is 806 g/mol. The molecule has 5 heteroatoms. The van der Waals surface area contributed by atoms with Gasteiger partial charge >= 0.3 is 0 Å². The Hall–Kier alpha value is -0.910. The molecule has 0 aromatic rings. The van der Waals surface area contributed by atoms with Crippen LogP contribution in [0.1, 0.15) is 290 Å². The molecule has 0 bridgehead atoms. The van der Waals surface area contributed by atoms with Crippen molar-refractivity contribution in [3.63, 3.8) is 0 Å². The summed E-state index contributed by atoms with van der Waals surface area (Å²) < 4.78 is 0. The number of amides is 1. The first kappa shape index (κ1) is 56.1. The molecule has 0 aliphatic rings. The van der Waals surface area contributed by atoms with Crippen LogP contribution in [0.4, 0.5) is 0 Å². The van der Waals surface area contributed by atoms with Gasteiger partial charge in [0.2, 0.25) is 5.91 Å². The number of allylic oxidation sites excluding steroid dienone is 2. The molecule has 0 aliphatic carbocycles. The van der Waals surface area contributed by atoms with E-state index in [1.54, 1.807) is 0 Å². The zero-order valence-corrected chi connectivity index (χ0v) is 38.7. The summed E-state index contributed by atoms with van der Waals surface area (Å²) in [5, 5.41) is 33.7. The van der Waals surface area contributed by atoms with Crippen molar-refractivity contribution in [2.24, 2.45) is 0 Å². The highest BCUT2D eigenvalue weighted by atomic mass is 16.3. The van der Waals surface area contributed by atoms with Gasteiger partial charge < -0.3 is 20.6 Å². The molecule has 0 aromatic heterocycles. The summed E-state index contributed by atoms with van der Waals surface area (Å²) in [6.07, 6.45) is 57.8. The van der Waals surface area contributed by atoms with Crippen molar-refractivity contribution in [3.05, 3.63) is 12.2 Å². The lowest BCUT2D eigenvalue weighted by molar-refractivity contribution is -0.124. The van der Waals surface area contributed by atoms with Gasteiger partial charge in [0.15, 0.2) is 0 Å². The molecule has 0 aromatic carbocycles. The zero-order chi connectivity index (χ0) is 41.5. The predicted molar refractivity (Wildman–Crippen MR) is 250 cm³/mol. The first-order chi connectivity index (χ1) is 28.1. The number of rotatable bonds is 48. The van der Waals surface area contributed by atoms with Crippen molar-refractivity contribution >= 4 is 5.91 Å². The van der Waals surface area contributed by atoms with Crippen LogP contribution >= 0.6 is 0 Å². The quantitative estimate of drug-likeness (QED) is 0.0364. The first-order valence-electron chi connectivity index (χ1n) is 26.0. The van der Waals surface area contributed by atoms with Gasteiger partial charge in [-0.05, 0) is 38.5 Å². The van der Waals surface area contributed by atoms with Gasteiger partial charge in [-0.3, -0.25) is 4.79 Å². The Morgan fingerprint density at radius 3 is 1.02 bits per heavy atom. The molecule has 1 amide bonds. The maximum absolute atomic E-state index is 12.5. The van der Waals surface area contributed by atoms with Crippen LogP contribution in [-0.2, 0) is 4.79 Å². The van der Waals surface area contributed by atoms with Crippen LogP contribution in [0.2, 0.25) is 0 Å². The second-order valence-corrected chi connectivity index (χ2v) is 18.1. The summed E-state index contributed by atoms with van der Waals surface area (Å²) in [6, 6.07) is -0.822. The van der Waals surface area contributed by atoms with Gasteiger partial charge in [0.1, 0.15) is 6.10 Å². The van der Waals surface area contributed by atoms with E-state index in [0.717, 1.165) is 38.5 Å². The Morgan fingerprint density at radius 2 is 0.702 bits per heavy atom. The molecule has 3 atom stereocenters. The molecule has 340 valence electrons. The number of aliphatic hydroxyl groups is 3. The lowest BCUT2D eigenvalue weighted by Crippen LogP contribution is -2.50. The van der Waals surface area contributed by atoms with Gasteiger partial charge in [0.25, 0.3) is 0 Å². The smallest absolute Gasteiger partial charge is 0.220 e. The highest BCUT2D eigenvalue weighted by molar-refractivity contribution is 5.76. The van der Waals surface area contributed by atoms with Crippen LogP contribution in [0.3, 0.4) is 0 Å². The van der Waals surface area contributed by atoms with E-state index in [2.05, 4.69) is 31.3 Å². The fourth-order valence-electron chi connectivity index (χ4n) is 8.34. The molecular formula is C52H103NO4. The number of hydrogen-bond donors (Lipinski definition) is 4. The molecule has 3 unspecified atom stereocenters. The van der Waals surface area contributed by atoms with E-state index in [1.165, 1.54) is 225 Å². The minimum Gasteiger partial charge on any atom is -0.394 e. The summed E-state index contributed by atoms with van der Waals surface area (Å²) in [5.41, 5.74) is 0. The molecule has 57 heavy (non-hydrogen) atoms. The molecule has 4 N–H and O–H groups in total. The van der Waals surface area contributed by atoms with Crippen molar-refractivity contribution in [1.29, 1.82) is 0 Å². The summed E-state index contributed by atoms with van der Waals surface area (Å²) in [5.74, 6) is -0.148. The van der Waals surface area contributed by atoms with Crippen molar-refractivity contribution in [2.75, 3.05) is 6.61 Å². The minimum absolute atomic E-state index is 0.148. The Morgan fingerprint density at radius 1 is 0.421 bits per heavy atom. The Labute approximate surface area is 357 Å². The fraction of sp³-hybridized carbons (Fsp3) is 0.942. The number of nitrogens with one attached hydrogen (secondary N) is 1. The van der Waals surface area contributed by atoms with Gasteiger partial charge in [-0.25, -0.2) is 0 Å². The van der Waals surface area contributed by atoms with Crippen LogP contribution in [0.5, 0.6) is 0 Å². The lowest BCUT2D eigenvalue weighted by Gasteiger charge is -2.26. The number of unbranched alkanes of at least 4 members (excludes halogenated alkanes) is 38. The van der Waals surface area contributed by atoms with Crippen LogP contribution < -0.4 is 5.32 Å². The maximum Gasteiger partial charge on any atom is 0.220 e. The lowest BCUT2D eigenvalue weighted by atomic mass is 10.0. The van der Waals surface area contributed by atoms with Crippen molar-refractivity contribution in [2.45, 2.75) is 308 Å². The maximum atomic E-state index is 12.5. The van der Waals surface area contributed by atoms with Crippen molar-refractivity contribution < 1.29 is 20.1 Å². The largest absolute Gasteiger partial charge is 0.394 e. The van der Waals surface area contributed by atoms with Crippen LogP contribution in [0.25, 0.3) is 0 Å². The predicted octanol–water partition coefficient (Wildman–Crippen LogP) is 15.6. The molecule has 0 aliphatic heterocycles.